The first-order chi connectivity index (χ1) is 6.68. The normalized spacial score (nSPS) is 20.6. The molecule has 0 atom stereocenters. The Balaban J connectivity index is 1.96. The third kappa shape index (κ3) is 4.94. The van der Waals surface area contributed by atoms with E-state index in [0.717, 1.165) is 25.6 Å². The molecule has 3 nitrogen and oxygen atoms in total. The van der Waals surface area contributed by atoms with E-state index in [9.17, 15) is 0 Å². The summed E-state index contributed by atoms with van der Waals surface area (Å²) in [5.74, 6) is 0.837. The standard InChI is InChI=1S/C11H25N3/c1-11(2)5-4-6-12-14-9-7-13(3)8-10-14/h11-12H,4-10H2,1-3H3. The fraction of sp³-hybridized carbons (Fsp3) is 1.00. The van der Waals surface area contributed by atoms with Gasteiger partial charge in [-0.25, -0.2) is 5.01 Å². The maximum absolute atomic E-state index is 3.50. The highest BCUT2D eigenvalue weighted by Gasteiger charge is 2.12. The third-order valence-corrected chi connectivity index (χ3v) is 2.80. The van der Waals surface area contributed by atoms with Crippen LogP contribution in [-0.4, -0.2) is 49.7 Å². The lowest BCUT2D eigenvalue weighted by atomic mass is 10.1. The molecule has 0 spiro atoms. The summed E-state index contributed by atoms with van der Waals surface area (Å²) in [6, 6.07) is 0. The molecule has 1 N–H and O–H groups in total. The van der Waals surface area contributed by atoms with Gasteiger partial charge in [0.25, 0.3) is 0 Å². The second-order valence-electron chi connectivity index (χ2n) is 4.73. The van der Waals surface area contributed by atoms with E-state index in [0.29, 0.717) is 0 Å². The lowest BCUT2D eigenvalue weighted by Crippen LogP contribution is -2.50. The van der Waals surface area contributed by atoms with Crippen molar-refractivity contribution in [3.8, 4) is 0 Å². The molecule has 3 heteroatoms. The molecule has 0 saturated carbocycles. The van der Waals surface area contributed by atoms with Crippen LogP contribution in [0.25, 0.3) is 0 Å². The number of likely N-dealkylation sites (N-methyl/N-ethyl adjacent to an activating group) is 1. The number of rotatable bonds is 5. The molecule has 0 bridgehead atoms. The summed E-state index contributed by atoms with van der Waals surface area (Å²) in [5.41, 5.74) is 3.50. The first-order valence-electron chi connectivity index (χ1n) is 5.85. The number of hydrazine groups is 1. The van der Waals surface area contributed by atoms with Crippen molar-refractivity contribution in [2.75, 3.05) is 39.8 Å². The van der Waals surface area contributed by atoms with Crippen LogP contribution in [0.4, 0.5) is 0 Å². The third-order valence-electron chi connectivity index (χ3n) is 2.80. The second kappa shape index (κ2) is 6.38. The number of nitrogens with zero attached hydrogens (tertiary/aromatic N) is 2. The SMILES string of the molecule is CC(C)CCCNN1CCN(C)CC1. The lowest BCUT2D eigenvalue weighted by molar-refractivity contribution is 0.104. The van der Waals surface area contributed by atoms with E-state index in [4.69, 9.17) is 0 Å². The first kappa shape index (κ1) is 12.0. The zero-order chi connectivity index (χ0) is 10.4. The Hall–Kier alpha value is -0.120. The molecule has 0 aromatic heterocycles. The minimum atomic E-state index is 0.837. The summed E-state index contributed by atoms with van der Waals surface area (Å²) < 4.78 is 0. The Bertz CT molecular complexity index is 139. The Morgan fingerprint density at radius 3 is 2.36 bits per heavy atom. The number of hydrogen-bond acceptors (Lipinski definition) is 3. The Morgan fingerprint density at radius 1 is 1.14 bits per heavy atom. The van der Waals surface area contributed by atoms with Crippen LogP contribution in [0.1, 0.15) is 26.7 Å². The van der Waals surface area contributed by atoms with E-state index >= 15 is 0 Å². The Kier molecular flexibility index (Phi) is 5.45. The van der Waals surface area contributed by atoms with E-state index in [2.05, 4.69) is 36.2 Å². The van der Waals surface area contributed by atoms with Crippen LogP contribution in [0.2, 0.25) is 0 Å². The molecular weight excluding hydrogens is 174 g/mol. The fourth-order valence-electron chi connectivity index (χ4n) is 1.71. The predicted molar refractivity (Wildman–Crippen MR) is 61.1 cm³/mol. The fourth-order valence-corrected chi connectivity index (χ4v) is 1.71. The molecule has 1 saturated heterocycles. The highest BCUT2D eigenvalue weighted by Crippen LogP contribution is 2.02. The molecule has 0 unspecified atom stereocenters. The van der Waals surface area contributed by atoms with Gasteiger partial charge in [-0.2, -0.15) is 0 Å². The Labute approximate surface area is 88.4 Å². The summed E-state index contributed by atoms with van der Waals surface area (Å²) in [5, 5.41) is 2.36. The van der Waals surface area contributed by atoms with Gasteiger partial charge in [0.2, 0.25) is 0 Å². The highest BCUT2D eigenvalue weighted by atomic mass is 15.5. The van der Waals surface area contributed by atoms with Crippen LogP contribution in [-0.2, 0) is 0 Å². The van der Waals surface area contributed by atoms with E-state index < -0.39 is 0 Å². The van der Waals surface area contributed by atoms with Crippen LogP contribution in [0.15, 0.2) is 0 Å². The summed E-state index contributed by atoms with van der Waals surface area (Å²) in [4.78, 5) is 2.38. The van der Waals surface area contributed by atoms with Gasteiger partial charge in [0.15, 0.2) is 0 Å². The van der Waals surface area contributed by atoms with Crippen molar-refractivity contribution < 1.29 is 0 Å². The molecule has 0 aromatic carbocycles. The molecule has 1 heterocycles. The van der Waals surface area contributed by atoms with Gasteiger partial charge in [-0.3, -0.25) is 5.43 Å². The molecular formula is C11H25N3. The van der Waals surface area contributed by atoms with Crippen molar-refractivity contribution in [1.29, 1.82) is 0 Å². The molecule has 0 radical (unpaired) electrons. The maximum Gasteiger partial charge on any atom is 0.0259 e. The minimum absolute atomic E-state index is 0.837. The van der Waals surface area contributed by atoms with Gasteiger partial charge in [0.05, 0.1) is 0 Å². The van der Waals surface area contributed by atoms with Crippen LogP contribution in [0, 0.1) is 5.92 Å². The van der Waals surface area contributed by atoms with Gasteiger partial charge in [0.1, 0.15) is 0 Å². The van der Waals surface area contributed by atoms with E-state index in [1.54, 1.807) is 0 Å². The smallest absolute Gasteiger partial charge is 0.0259 e. The van der Waals surface area contributed by atoms with Crippen molar-refractivity contribution in [1.82, 2.24) is 15.3 Å². The summed E-state index contributed by atoms with van der Waals surface area (Å²) in [6.45, 7) is 10.4. The molecule has 0 aromatic rings. The largest absolute Gasteiger partial charge is 0.304 e. The van der Waals surface area contributed by atoms with Crippen LogP contribution in [0.3, 0.4) is 0 Å². The molecule has 84 valence electrons. The molecule has 1 fully saturated rings. The van der Waals surface area contributed by atoms with Gasteiger partial charge < -0.3 is 4.90 Å². The van der Waals surface area contributed by atoms with E-state index in [-0.39, 0.29) is 0 Å². The maximum atomic E-state index is 3.50. The summed E-state index contributed by atoms with van der Waals surface area (Å²) in [7, 11) is 2.19. The van der Waals surface area contributed by atoms with Gasteiger partial charge in [-0.1, -0.05) is 13.8 Å². The zero-order valence-electron chi connectivity index (χ0n) is 9.92. The van der Waals surface area contributed by atoms with Crippen LogP contribution >= 0.6 is 0 Å². The molecule has 0 amide bonds. The van der Waals surface area contributed by atoms with Crippen molar-refractivity contribution in [3.63, 3.8) is 0 Å². The highest BCUT2D eigenvalue weighted by molar-refractivity contribution is 4.65. The summed E-state index contributed by atoms with van der Waals surface area (Å²) in [6.07, 6.45) is 2.63. The van der Waals surface area contributed by atoms with Crippen molar-refractivity contribution >= 4 is 0 Å². The predicted octanol–water partition coefficient (Wildman–Crippen LogP) is 1.17. The van der Waals surface area contributed by atoms with Crippen molar-refractivity contribution in [2.24, 2.45) is 5.92 Å². The summed E-state index contributed by atoms with van der Waals surface area (Å²) >= 11 is 0. The zero-order valence-corrected chi connectivity index (χ0v) is 9.92. The topological polar surface area (TPSA) is 18.5 Å². The number of hydrogen-bond donors (Lipinski definition) is 1. The quantitative estimate of drug-likeness (QED) is 0.671. The van der Waals surface area contributed by atoms with Crippen molar-refractivity contribution in [3.05, 3.63) is 0 Å². The van der Waals surface area contributed by atoms with Crippen LogP contribution < -0.4 is 5.43 Å². The van der Waals surface area contributed by atoms with E-state index in [1.807, 2.05) is 0 Å². The molecule has 14 heavy (non-hydrogen) atoms. The van der Waals surface area contributed by atoms with Gasteiger partial charge >= 0.3 is 0 Å². The van der Waals surface area contributed by atoms with Crippen LogP contribution in [0.5, 0.6) is 0 Å². The molecule has 1 aliphatic heterocycles. The number of nitrogens with one attached hydrogen (secondary N) is 1. The molecule has 1 rings (SSSR count). The van der Waals surface area contributed by atoms with Gasteiger partial charge in [0, 0.05) is 32.7 Å². The molecule has 1 aliphatic rings. The number of piperazine rings is 1. The van der Waals surface area contributed by atoms with Crippen molar-refractivity contribution in [2.45, 2.75) is 26.7 Å². The lowest BCUT2D eigenvalue weighted by Gasteiger charge is -2.32. The average molecular weight is 199 g/mol. The van der Waals surface area contributed by atoms with Gasteiger partial charge in [-0.05, 0) is 25.8 Å². The molecule has 0 aliphatic carbocycles. The first-order valence-corrected chi connectivity index (χ1v) is 5.85. The monoisotopic (exact) mass is 199 g/mol. The van der Waals surface area contributed by atoms with Gasteiger partial charge in [-0.15, -0.1) is 0 Å². The second-order valence-corrected chi connectivity index (χ2v) is 4.73. The minimum Gasteiger partial charge on any atom is -0.304 e. The average Bonchev–Trinajstić information content (AvgIpc) is 2.15. The van der Waals surface area contributed by atoms with E-state index in [1.165, 1.54) is 25.9 Å². The Morgan fingerprint density at radius 2 is 1.79 bits per heavy atom.